The van der Waals surface area contributed by atoms with Crippen LogP contribution in [0, 0.1) is 6.92 Å². The number of hydrogen-bond acceptors (Lipinski definition) is 6. The Bertz CT molecular complexity index is 1010. The minimum atomic E-state index is -0.0229. The van der Waals surface area contributed by atoms with Crippen molar-refractivity contribution in [3.63, 3.8) is 0 Å². The molecule has 0 unspecified atom stereocenters. The van der Waals surface area contributed by atoms with Crippen molar-refractivity contribution < 1.29 is 9.53 Å². The first-order chi connectivity index (χ1) is 15.6. The van der Waals surface area contributed by atoms with Crippen LogP contribution >= 0.6 is 35.1 Å². The highest BCUT2D eigenvalue weighted by molar-refractivity contribution is 7.99. The van der Waals surface area contributed by atoms with Crippen molar-refractivity contribution in [3.8, 4) is 11.4 Å². The number of methoxy groups -OCH3 is 1. The first kappa shape index (κ1) is 24.6. The third kappa shape index (κ3) is 7.27. The van der Waals surface area contributed by atoms with E-state index < -0.39 is 0 Å². The van der Waals surface area contributed by atoms with Gasteiger partial charge < -0.3 is 14.6 Å². The molecule has 1 heterocycles. The van der Waals surface area contributed by atoms with Crippen LogP contribution in [0.1, 0.15) is 12.0 Å². The molecule has 170 valence electrons. The van der Waals surface area contributed by atoms with Gasteiger partial charge in [-0.05, 0) is 37.6 Å². The Morgan fingerprint density at radius 2 is 1.91 bits per heavy atom. The van der Waals surface area contributed by atoms with Gasteiger partial charge in [0, 0.05) is 43.0 Å². The number of thioether (sulfide) groups is 2. The second-order valence-electron chi connectivity index (χ2n) is 7.08. The van der Waals surface area contributed by atoms with Gasteiger partial charge >= 0.3 is 0 Å². The lowest BCUT2D eigenvalue weighted by atomic mass is 10.2. The predicted molar refractivity (Wildman–Crippen MR) is 133 cm³/mol. The van der Waals surface area contributed by atoms with Crippen molar-refractivity contribution in [1.82, 2.24) is 20.1 Å². The van der Waals surface area contributed by atoms with E-state index in [1.165, 1.54) is 22.2 Å². The molecule has 32 heavy (non-hydrogen) atoms. The summed E-state index contributed by atoms with van der Waals surface area (Å²) in [7, 11) is 1.68. The smallest absolute Gasteiger partial charge is 0.230 e. The van der Waals surface area contributed by atoms with Crippen molar-refractivity contribution in [2.75, 3.05) is 31.8 Å². The molecule has 1 N–H and O–H groups in total. The Labute approximate surface area is 202 Å². The lowest BCUT2D eigenvalue weighted by molar-refractivity contribution is -0.118. The molecular formula is C23H27ClN4O2S2. The van der Waals surface area contributed by atoms with Crippen LogP contribution in [0.4, 0.5) is 0 Å². The largest absolute Gasteiger partial charge is 0.385 e. The molecule has 0 radical (unpaired) electrons. The van der Waals surface area contributed by atoms with E-state index in [1.54, 1.807) is 18.9 Å². The van der Waals surface area contributed by atoms with Crippen molar-refractivity contribution in [3.05, 3.63) is 59.1 Å². The molecule has 3 aromatic rings. The number of carbonyl (C=O) groups excluding carboxylic acids is 1. The number of aromatic nitrogens is 3. The zero-order valence-electron chi connectivity index (χ0n) is 18.2. The molecule has 2 aromatic carbocycles. The number of hydrogen-bond donors (Lipinski definition) is 1. The zero-order valence-corrected chi connectivity index (χ0v) is 20.6. The summed E-state index contributed by atoms with van der Waals surface area (Å²) in [5, 5.41) is 13.0. The van der Waals surface area contributed by atoms with Gasteiger partial charge in [-0.3, -0.25) is 4.79 Å². The third-order valence-electron chi connectivity index (χ3n) is 4.61. The van der Waals surface area contributed by atoms with Crippen LogP contribution in [-0.2, 0) is 16.1 Å². The van der Waals surface area contributed by atoms with E-state index >= 15 is 0 Å². The van der Waals surface area contributed by atoms with Crippen LogP contribution in [0.5, 0.6) is 0 Å². The van der Waals surface area contributed by atoms with E-state index in [9.17, 15) is 4.79 Å². The molecule has 0 atom stereocenters. The van der Waals surface area contributed by atoms with Gasteiger partial charge in [0.2, 0.25) is 5.91 Å². The molecule has 1 aromatic heterocycles. The molecule has 0 spiro atoms. The number of nitrogens with one attached hydrogen (secondary N) is 1. The van der Waals surface area contributed by atoms with E-state index in [-0.39, 0.29) is 11.7 Å². The van der Waals surface area contributed by atoms with Gasteiger partial charge in [-0.1, -0.05) is 53.2 Å². The fourth-order valence-electron chi connectivity index (χ4n) is 2.98. The number of amides is 1. The Kier molecular flexibility index (Phi) is 9.92. The van der Waals surface area contributed by atoms with Gasteiger partial charge in [0.25, 0.3) is 0 Å². The minimum absolute atomic E-state index is 0.0229. The van der Waals surface area contributed by atoms with Crippen LogP contribution in [-0.4, -0.2) is 52.4 Å². The van der Waals surface area contributed by atoms with Crippen molar-refractivity contribution in [1.29, 1.82) is 0 Å². The second-order valence-corrected chi connectivity index (χ2v) is 9.60. The summed E-state index contributed by atoms with van der Waals surface area (Å²) in [5.41, 5.74) is 2.07. The van der Waals surface area contributed by atoms with Crippen LogP contribution in [0.3, 0.4) is 0 Å². The molecule has 9 heteroatoms. The predicted octanol–water partition coefficient (Wildman–Crippen LogP) is 4.94. The van der Waals surface area contributed by atoms with Gasteiger partial charge in [-0.25, -0.2) is 0 Å². The van der Waals surface area contributed by atoms with Crippen molar-refractivity contribution in [2.45, 2.75) is 29.9 Å². The van der Waals surface area contributed by atoms with Crippen LogP contribution < -0.4 is 5.32 Å². The number of carbonyl (C=O) groups is 1. The van der Waals surface area contributed by atoms with E-state index in [0.717, 1.165) is 17.7 Å². The topological polar surface area (TPSA) is 69.0 Å². The number of benzene rings is 2. The first-order valence-electron chi connectivity index (χ1n) is 10.3. The fraction of sp³-hybridized carbons (Fsp3) is 0.348. The molecule has 0 fully saturated rings. The Morgan fingerprint density at radius 3 is 2.66 bits per heavy atom. The van der Waals surface area contributed by atoms with Gasteiger partial charge in [-0.15, -0.1) is 22.0 Å². The van der Waals surface area contributed by atoms with E-state index in [2.05, 4.69) is 46.7 Å². The molecule has 1 amide bonds. The maximum Gasteiger partial charge on any atom is 0.230 e. The number of ether oxygens (including phenoxy) is 1. The molecule has 0 aliphatic carbocycles. The fourth-order valence-corrected chi connectivity index (χ4v) is 4.76. The summed E-state index contributed by atoms with van der Waals surface area (Å²) in [6.45, 7) is 3.99. The molecule has 0 saturated heterocycles. The molecule has 3 rings (SSSR count). The van der Waals surface area contributed by atoms with Gasteiger partial charge in [0.05, 0.1) is 10.8 Å². The van der Waals surface area contributed by atoms with Gasteiger partial charge in [-0.2, -0.15) is 0 Å². The Balaban J connectivity index is 1.54. The SMILES string of the molecule is COCCCn1c(SCC(=O)NCCSc2ccc(C)cc2)nnc1-c1ccccc1Cl. The third-order valence-corrected chi connectivity index (χ3v) is 6.92. The molecule has 6 nitrogen and oxygen atoms in total. The summed E-state index contributed by atoms with van der Waals surface area (Å²) in [6, 6.07) is 16.0. The monoisotopic (exact) mass is 490 g/mol. The normalized spacial score (nSPS) is 11.0. The highest BCUT2D eigenvalue weighted by atomic mass is 35.5. The Hall–Kier alpha value is -2.00. The molecule has 0 bridgehead atoms. The van der Waals surface area contributed by atoms with E-state index in [1.807, 2.05) is 28.8 Å². The second kappa shape index (κ2) is 12.9. The lowest BCUT2D eigenvalue weighted by Gasteiger charge is -2.11. The number of rotatable bonds is 12. The molecular weight excluding hydrogens is 464 g/mol. The lowest BCUT2D eigenvalue weighted by Crippen LogP contribution is -2.27. The standard InChI is InChI=1S/C23H27ClN4O2S2/c1-17-8-10-18(11-9-17)31-15-12-25-21(29)16-32-23-27-26-22(28(23)13-5-14-30-2)19-6-3-4-7-20(19)24/h3-4,6-11H,5,12-16H2,1-2H3,(H,25,29). The maximum atomic E-state index is 12.3. The average molecular weight is 491 g/mol. The van der Waals surface area contributed by atoms with Crippen LogP contribution in [0.2, 0.25) is 5.02 Å². The number of nitrogens with zero attached hydrogens (tertiary/aromatic N) is 3. The Morgan fingerprint density at radius 1 is 1.12 bits per heavy atom. The van der Waals surface area contributed by atoms with Crippen LogP contribution in [0.25, 0.3) is 11.4 Å². The number of halogens is 1. The summed E-state index contributed by atoms with van der Waals surface area (Å²) in [6.07, 6.45) is 0.808. The highest BCUT2D eigenvalue weighted by Crippen LogP contribution is 2.29. The summed E-state index contributed by atoms with van der Waals surface area (Å²) >= 11 is 9.48. The zero-order chi connectivity index (χ0) is 22.8. The molecule has 0 aliphatic heterocycles. The molecule has 0 saturated carbocycles. The summed E-state index contributed by atoms with van der Waals surface area (Å²) in [4.78, 5) is 13.5. The van der Waals surface area contributed by atoms with E-state index in [4.69, 9.17) is 16.3 Å². The van der Waals surface area contributed by atoms with Crippen molar-refractivity contribution >= 4 is 41.0 Å². The highest BCUT2D eigenvalue weighted by Gasteiger charge is 2.17. The molecule has 0 aliphatic rings. The quantitative estimate of drug-likeness (QED) is 0.286. The summed E-state index contributed by atoms with van der Waals surface area (Å²) < 4.78 is 7.19. The average Bonchev–Trinajstić information content (AvgIpc) is 3.19. The first-order valence-corrected chi connectivity index (χ1v) is 12.7. The van der Waals surface area contributed by atoms with Gasteiger partial charge in [0.15, 0.2) is 11.0 Å². The van der Waals surface area contributed by atoms with Crippen molar-refractivity contribution in [2.24, 2.45) is 0 Å². The summed E-state index contributed by atoms with van der Waals surface area (Å²) in [5.74, 6) is 1.78. The van der Waals surface area contributed by atoms with Crippen LogP contribution in [0.15, 0.2) is 58.6 Å². The maximum absolute atomic E-state index is 12.3. The number of aryl methyl sites for hydroxylation is 1. The van der Waals surface area contributed by atoms with Gasteiger partial charge in [0.1, 0.15) is 0 Å². The van der Waals surface area contributed by atoms with E-state index in [0.29, 0.717) is 35.7 Å². The minimum Gasteiger partial charge on any atom is -0.385 e.